The first-order valence-electron chi connectivity index (χ1n) is 3.76. The van der Waals surface area contributed by atoms with Gasteiger partial charge in [-0.3, -0.25) is 4.79 Å². The van der Waals surface area contributed by atoms with Gasteiger partial charge >= 0.3 is 11.9 Å². The van der Waals surface area contributed by atoms with Crippen LogP contribution in [0.5, 0.6) is 0 Å². The van der Waals surface area contributed by atoms with Gasteiger partial charge in [-0.1, -0.05) is 6.08 Å². The van der Waals surface area contributed by atoms with Gasteiger partial charge in [0.05, 0.1) is 5.92 Å². The van der Waals surface area contributed by atoms with Gasteiger partial charge in [-0.05, 0) is 19.3 Å². The Kier molecular flexibility index (Phi) is 2.47. The second-order valence-electron chi connectivity index (χ2n) is 2.85. The van der Waals surface area contributed by atoms with Gasteiger partial charge in [0.2, 0.25) is 0 Å². The average Bonchev–Trinajstić information content (AvgIpc) is 2.04. The predicted octanol–water partition coefficient (Wildman–Crippen LogP) is 0.882. The molecule has 1 unspecified atom stereocenters. The van der Waals surface area contributed by atoms with E-state index in [2.05, 4.69) is 0 Å². The molecule has 0 saturated carbocycles. The molecule has 0 radical (unpaired) electrons. The van der Waals surface area contributed by atoms with Gasteiger partial charge in [-0.2, -0.15) is 0 Å². The molecule has 0 aliphatic heterocycles. The van der Waals surface area contributed by atoms with Crippen molar-refractivity contribution in [3.63, 3.8) is 0 Å². The summed E-state index contributed by atoms with van der Waals surface area (Å²) in [6.07, 6.45) is 2.86. The van der Waals surface area contributed by atoms with Crippen LogP contribution in [-0.4, -0.2) is 22.2 Å². The van der Waals surface area contributed by atoms with E-state index < -0.39 is 17.9 Å². The summed E-state index contributed by atoms with van der Waals surface area (Å²) in [4.78, 5) is 21.0. The molecule has 66 valence electrons. The lowest BCUT2D eigenvalue weighted by Crippen LogP contribution is -2.19. The molecule has 2 N–H and O–H groups in total. The molecule has 0 saturated heterocycles. The topological polar surface area (TPSA) is 74.6 Å². The van der Waals surface area contributed by atoms with Gasteiger partial charge in [0.25, 0.3) is 0 Å². The highest BCUT2D eigenvalue weighted by molar-refractivity contribution is 5.88. The third-order valence-electron chi connectivity index (χ3n) is 2.00. The Bertz CT molecular complexity index is 241. The van der Waals surface area contributed by atoms with Crippen LogP contribution in [0.2, 0.25) is 0 Å². The quantitative estimate of drug-likeness (QED) is 0.645. The largest absolute Gasteiger partial charge is 0.481 e. The zero-order valence-corrected chi connectivity index (χ0v) is 6.49. The number of carboxylic acids is 2. The van der Waals surface area contributed by atoms with Gasteiger partial charge in [-0.15, -0.1) is 0 Å². The lowest BCUT2D eigenvalue weighted by molar-refractivity contribution is -0.142. The standard InChI is InChI=1S/C8H10O4/c9-7(10)5-2-1-3-6(4-5)8(11)12/h2,6H,1,3-4H2,(H,9,10)(H,11,12). The second-order valence-corrected chi connectivity index (χ2v) is 2.85. The molecule has 0 aromatic rings. The van der Waals surface area contributed by atoms with Crippen molar-refractivity contribution < 1.29 is 19.8 Å². The van der Waals surface area contributed by atoms with Crippen molar-refractivity contribution in [2.75, 3.05) is 0 Å². The lowest BCUT2D eigenvalue weighted by Gasteiger charge is -2.16. The maximum atomic E-state index is 10.5. The van der Waals surface area contributed by atoms with Crippen LogP contribution in [0.25, 0.3) is 0 Å². The molecule has 0 spiro atoms. The molecule has 0 bridgehead atoms. The van der Waals surface area contributed by atoms with Crippen LogP contribution < -0.4 is 0 Å². The Morgan fingerprint density at radius 2 is 2.08 bits per heavy atom. The van der Waals surface area contributed by atoms with Crippen LogP contribution in [0.3, 0.4) is 0 Å². The molecule has 1 rings (SSSR count). The maximum Gasteiger partial charge on any atom is 0.331 e. The van der Waals surface area contributed by atoms with E-state index >= 15 is 0 Å². The van der Waals surface area contributed by atoms with Gasteiger partial charge < -0.3 is 10.2 Å². The van der Waals surface area contributed by atoms with Gasteiger partial charge in [0.1, 0.15) is 0 Å². The summed E-state index contributed by atoms with van der Waals surface area (Å²) < 4.78 is 0. The van der Waals surface area contributed by atoms with E-state index in [1.54, 1.807) is 6.08 Å². The summed E-state index contributed by atoms with van der Waals surface area (Å²) in [6.45, 7) is 0. The summed E-state index contributed by atoms with van der Waals surface area (Å²) >= 11 is 0. The Morgan fingerprint density at radius 3 is 2.58 bits per heavy atom. The third kappa shape index (κ3) is 1.84. The van der Waals surface area contributed by atoms with Crippen LogP contribution >= 0.6 is 0 Å². The summed E-state index contributed by atoms with van der Waals surface area (Å²) in [6, 6.07) is 0. The van der Waals surface area contributed by atoms with Crippen LogP contribution in [0.4, 0.5) is 0 Å². The summed E-state index contributed by atoms with van der Waals surface area (Å²) in [5.41, 5.74) is 0.230. The maximum absolute atomic E-state index is 10.5. The highest BCUT2D eigenvalue weighted by Crippen LogP contribution is 2.24. The molecule has 4 nitrogen and oxygen atoms in total. The predicted molar refractivity (Wildman–Crippen MR) is 40.7 cm³/mol. The third-order valence-corrected chi connectivity index (χ3v) is 2.00. The van der Waals surface area contributed by atoms with Crippen LogP contribution in [-0.2, 0) is 9.59 Å². The summed E-state index contributed by atoms with van der Waals surface area (Å²) in [7, 11) is 0. The molecule has 12 heavy (non-hydrogen) atoms. The molecule has 1 aliphatic rings. The SMILES string of the molecule is O=C(O)C1=CCCC(C(=O)O)C1. The summed E-state index contributed by atoms with van der Waals surface area (Å²) in [5.74, 6) is -2.41. The van der Waals surface area contributed by atoms with Crippen molar-refractivity contribution in [1.82, 2.24) is 0 Å². The van der Waals surface area contributed by atoms with E-state index in [0.29, 0.717) is 12.8 Å². The molecular formula is C8H10O4. The highest BCUT2D eigenvalue weighted by Gasteiger charge is 2.24. The van der Waals surface area contributed by atoms with Crippen LogP contribution in [0.15, 0.2) is 11.6 Å². The van der Waals surface area contributed by atoms with Crippen molar-refractivity contribution in [2.24, 2.45) is 5.92 Å². The number of carboxylic acid groups (broad SMARTS) is 2. The smallest absolute Gasteiger partial charge is 0.331 e. The summed E-state index contributed by atoms with van der Waals surface area (Å²) in [5, 5.41) is 17.2. The number of aliphatic carboxylic acids is 2. The number of rotatable bonds is 2. The van der Waals surface area contributed by atoms with Crippen molar-refractivity contribution in [3.05, 3.63) is 11.6 Å². The molecule has 0 amide bonds. The van der Waals surface area contributed by atoms with E-state index in [1.807, 2.05) is 0 Å². The number of hydrogen-bond donors (Lipinski definition) is 2. The number of hydrogen-bond acceptors (Lipinski definition) is 2. The van der Waals surface area contributed by atoms with E-state index in [0.717, 1.165) is 0 Å². The minimum absolute atomic E-state index is 0.157. The van der Waals surface area contributed by atoms with Crippen molar-refractivity contribution in [2.45, 2.75) is 19.3 Å². The van der Waals surface area contributed by atoms with Crippen molar-refractivity contribution >= 4 is 11.9 Å². The lowest BCUT2D eigenvalue weighted by atomic mass is 9.89. The van der Waals surface area contributed by atoms with Gasteiger partial charge in [0, 0.05) is 5.57 Å². The van der Waals surface area contributed by atoms with E-state index in [1.165, 1.54) is 0 Å². The molecule has 1 aliphatic carbocycles. The van der Waals surface area contributed by atoms with E-state index in [4.69, 9.17) is 10.2 Å². The highest BCUT2D eigenvalue weighted by atomic mass is 16.4. The molecule has 0 aromatic heterocycles. The second kappa shape index (κ2) is 3.38. The molecule has 4 heteroatoms. The first-order valence-corrected chi connectivity index (χ1v) is 3.76. The fourth-order valence-corrected chi connectivity index (χ4v) is 1.30. The van der Waals surface area contributed by atoms with Crippen LogP contribution in [0.1, 0.15) is 19.3 Å². The fourth-order valence-electron chi connectivity index (χ4n) is 1.30. The molecular weight excluding hydrogens is 160 g/mol. The zero-order chi connectivity index (χ0) is 9.14. The molecule has 0 fully saturated rings. The van der Waals surface area contributed by atoms with E-state index in [-0.39, 0.29) is 12.0 Å². The number of carbonyl (C=O) groups is 2. The van der Waals surface area contributed by atoms with E-state index in [9.17, 15) is 9.59 Å². The zero-order valence-electron chi connectivity index (χ0n) is 6.49. The monoisotopic (exact) mass is 170 g/mol. The van der Waals surface area contributed by atoms with Crippen LogP contribution in [0, 0.1) is 5.92 Å². The van der Waals surface area contributed by atoms with Crippen molar-refractivity contribution in [3.8, 4) is 0 Å². The normalized spacial score (nSPS) is 23.0. The minimum atomic E-state index is -0.999. The average molecular weight is 170 g/mol. The Balaban J connectivity index is 2.65. The molecule has 0 aromatic carbocycles. The van der Waals surface area contributed by atoms with Crippen molar-refractivity contribution in [1.29, 1.82) is 0 Å². The Labute approximate surface area is 69.5 Å². The Hall–Kier alpha value is -1.32. The van der Waals surface area contributed by atoms with Gasteiger partial charge in [-0.25, -0.2) is 4.79 Å². The minimum Gasteiger partial charge on any atom is -0.481 e. The first-order chi connectivity index (χ1) is 5.61. The number of allylic oxidation sites excluding steroid dienone is 1. The molecule has 0 heterocycles. The van der Waals surface area contributed by atoms with Gasteiger partial charge in [0.15, 0.2) is 0 Å². The molecule has 1 atom stereocenters. The fraction of sp³-hybridized carbons (Fsp3) is 0.500. The Morgan fingerprint density at radius 1 is 1.42 bits per heavy atom. The first kappa shape index (κ1) is 8.77.